The first-order chi connectivity index (χ1) is 16.0. The van der Waals surface area contributed by atoms with Gasteiger partial charge in [-0.05, 0) is 56.0 Å². The van der Waals surface area contributed by atoms with Crippen molar-refractivity contribution in [1.82, 2.24) is 19.4 Å². The molecule has 4 heterocycles. The summed E-state index contributed by atoms with van der Waals surface area (Å²) in [5, 5.41) is 6.80. The van der Waals surface area contributed by atoms with Crippen molar-refractivity contribution >= 4 is 23.2 Å². The predicted molar refractivity (Wildman–Crippen MR) is 125 cm³/mol. The van der Waals surface area contributed by atoms with Crippen LogP contribution in [-0.4, -0.2) is 31.8 Å². The molecule has 1 aliphatic heterocycles. The zero-order valence-electron chi connectivity index (χ0n) is 18.2. The molecule has 4 aromatic rings. The Kier molecular flexibility index (Phi) is 5.37. The van der Waals surface area contributed by atoms with E-state index in [0.29, 0.717) is 40.8 Å². The first-order valence-corrected chi connectivity index (χ1v) is 10.9. The van der Waals surface area contributed by atoms with Crippen molar-refractivity contribution in [3.63, 3.8) is 0 Å². The van der Waals surface area contributed by atoms with Crippen LogP contribution in [0.5, 0.6) is 0 Å². The minimum absolute atomic E-state index is 0.273. The fourth-order valence-corrected chi connectivity index (χ4v) is 4.23. The number of rotatable bonds is 5. The number of nitrogens with one attached hydrogen (secondary N) is 2. The summed E-state index contributed by atoms with van der Waals surface area (Å²) in [4.78, 5) is 26.2. The van der Waals surface area contributed by atoms with Crippen molar-refractivity contribution in [3.05, 3.63) is 70.8 Å². The molecule has 1 aromatic carbocycles. The van der Waals surface area contributed by atoms with Crippen LogP contribution >= 0.6 is 0 Å². The van der Waals surface area contributed by atoms with Crippen LogP contribution in [0.2, 0.25) is 0 Å². The van der Waals surface area contributed by atoms with Gasteiger partial charge < -0.3 is 16.4 Å². The lowest BCUT2D eigenvalue weighted by Crippen LogP contribution is -2.13. The van der Waals surface area contributed by atoms with Crippen LogP contribution in [0.15, 0.2) is 42.6 Å². The first kappa shape index (κ1) is 20.9. The van der Waals surface area contributed by atoms with E-state index in [4.69, 9.17) is 15.7 Å². The molecule has 8 nitrogen and oxygen atoms in total. The van der Waals surface area contributed by atoms with Crippen molar-refractivity contribution in [3.8, 4) is 11.5 Å². The van der Waals surface area contributed by atoms with Gasteiger partial charge in [0.05, 0.1) is 11.3 Å². The second-order valence-electron chi connectivity index (χ2n) is 8.12. The zero-order chi connectivity index (χ0) is 22.9. The Morgan fingerprint density at radius 2 is 2.09 bits per heavy atom. The van der Waals surface area contributed by atoms with Gasteiger partial charge in [-0.1, -0.05) is 12.1 Å². The number of benzene rings is 1. The number of fused-ring (bicyclic) bond motifs is 2. The maximum atomic E-state index is 13.6. The third-order valence-corrected chi connectivity index (χ3v) is 5.80. The molecule has 33 heavy (non-hydrogen) atoms. The number of amides is 1. The van der Waals surface area contributed by atoms with Gasteiger partial charge in [0, 0.05) is 24.8 Å². The molecule has 4 N–H and O–H groups in total. The summed E-state index contributed by atoms with van der Waals surface area (Å²) in [6.07, 6.45) is 4.71. The molecule has 0 saturated heterocycles. The molecule has 0 saturated carbocycles. The average molecular weight is 446 g/mol. The number of primary amides is 1. The van der Waals surface area contributed by atoms with E-state index in [2.05, 4.69) is 15.6 Å². The van der Waals surface area contributed by atoms with Crippen LogP contribution in [0.4, 0.5) is 16.0 Å². The SMILES string of the molecule is Cc1nc2c(C(N)=O)cccn2c1-c1nc2c(c(NCc3cccc(F)c3)n1)CCCCN2. The van der Waals surface area contributed by atoms with Crippen LogP contribution in [-0.2, 0) is 13.0 Å². The smallest absolute Gasteiger partial charge is 0.252 e. The third-order valence-electron chi connectivity index (χ3n) is 5.80. The number of aromatic nitrogens is 4. The second-order valence-corrected chi connectivity index (χ2v) is 8.12. The lowest BCUT2D eigenvalue weighted by atomic mass is 10.1. The van der Waals surface area contributed by atoms with E-state index in [0.717, 1.165) is 42.8 Å². The van der Waals surface area contributed by atoms with Crippen molar-refractivity contribution in [2.24, 2.45) is 5.73 Å². The van der Waals surface area contributed by atoms with Gasteiger partial charge in [0.25, 0.3) is 5.91 Å². The van der Waals surface area contributed by atoms with E-state index in [1.807, 2.05) is 19.2 Å². The lowest BCUT2D eigenvalue weighted by Gasteiger charge is -2.16. The number of carbonyl (C=O) groups is 1. The Balaban J connectivity index is 1.62. The van der Waals surface area contributed by atoms with Gasteiger partial charge in [0.15, 0.2) is 5.82 Å². The molecule has 9 heteroatoms. The van der Waals surface area contributed by atoms with Gasteiger partial charge in [0.2, 0.25) is 0 Å². The van der Waals surface area contributed by atoms with Gasteiger partial charge >= 0.3 is 0 Å². The van der Waals surface area contributed by atoms with E-state index >= 15 is 0 Å². The van der Waals surface area contributed by atoms with Gasteiger partial charge in [-0.3, -0.25) is 9.20 Å². The van der Waals surface area contributed by atoms with Crippen LogP contribution in [0.1, 0.15) is 40.0 Å². The van der Waals surface area contributed by atoms with Crippen LogP contribution in [0.3, 0.4) is 0 Å². The lowest BCUT2D eigenvalue weighted by molar-refractivity contribution is 0.100. The Hall–Kier alpha value is -4.01. The number of halogens is 1. The fourth-order valence-electron chi connectivity index (χ4n) is 4.23. The molecule has 1 aliphatic rings. The summed E-state index contributed by atoms with van der Waals surface area (Å²) in [7, 11) is 0. The fraction of sp³-hybridized carbons (Fsp3) is 0.250. The Morgan fingerprint density at radius 1 is 1.21 bits per heavy atom. The summed E-state index contributed by atoms with van der Waals surface area (Å²) in [6, 6.07) is 9.90. The molecule has 0 unspecified atom stereocenters. The summed E-state index contributed by atoms with van der Waals surface area (Å²) in [6.45, 7) is 3.11. The highest BCUT2D eigenvalue weighted by molar-refractivity contribution is 5.99. The minimum Gasteiger partial charge on any atom is -0.370 e. The van der Waals surface area contributed by atoms with Gasteiger partial charge in [-0.25, -0.2) is 19.3 Å². The largest absolute Gasteiger partial charge is 0.370 e. The zero-order valence-corrected chi connectivity index (χ0v) is 18.2. The van der Waals surface area contributed by atoms with E-state index < -0.39 is 5.91 Å². The van der Waals surface area contributed by atoms with E-state index in [1.165, 1.54) is 12.1 Å². The van der Waals surface area contributed by atoms with Gasteiger partial charge in [-0.15, -0.1) is 0 Å². The number of anilines is 2. The number of hydrogen-bond donors (Lipinski definition) is 3. The number of aryl methyl sites for hydroxylation is 1. The Morgan fingerprint density at radius 3 is 2.91 bits per heavy atom. The van der Waals surface area contributed by atoms with Crippen molar-refractivity contribution in [2.45, 2.75) is 32.7 Å². The molecule has 0 aliphatic carbocycles. The Bertz CT molecular complexity index is 1360. The molecule has 5 rings (SSSR count). The van der Waals surface area contributed by atoms with E-state index in [9.17, 15) is 9.18 Å². The molecule has 168 valence electrons. The molecule has 3 aromatic heterocycles. The third kappa shape index (κ3) is 3.97. The van der Waals surface area contributed by atoms with Gasteiger partial charge in [-0.2, -0.15) is 0 Å². The maximum Gasteiger partial charge on any atom is 0.252 e. The van der Waals surface area contributed by atoms with E-state index in [-0.39, 0.29) is 5.82 Å². The standard InChI is InChI=1S/C24H24FN7O/c1-14-19(32-11-5-9-17(20(26)33)24(32)29-14)23-30-21-18(8-2-3-10-27-21)22(31-23)28-13-15-6-4-7-16(25)12-15/h4-7,9,11-12H,2-3,8,10,13H2,1H3,(H2,26,33)(H2,27,28,30,31). The van der Waals surface area contributed by atoms with Crippen LogP contribution in [0, 0.1) is 12.7 Å². The highest BCUT2D eigenvalue weighted by Crippen LogP contribution is 2.31. The number of imidazole rings is 1. The topological polar surface area (TPSA) is 110 Å². The van der Waals surface area contributed by atoms with Crippen LogP contribution in [0.25, 0.3) is 17.2 Å². The number of hydrogen-bond acceptors (Lipinski definition) is 6. The van der Waals surface area contributed by atoms with Crippen LogP contribution < -0.4 is 16.4 Å². The van der Waals surface area contributed by atoms with Crippen molar-refractivity contribution in [1.29, 1.82) is 0 Å². The second kappa shape index (κ2) is 8.50. The van der Waals surface area contributed by atoms with Crippen molar-refractivity contribution < 1.29 is 9.18 Å². The number of carbonyl (C=O) groups excluding carboxylic acids is 1. The molecule has 0 spiro atoms. The number of pyridine rings is 1. The molecular formula is C24H24FN7O. The molecular weight excluding hydrogens is 421 g/mol. The quantitative estimate of drug-likeness (QED) is 0.432. The highest BCUT2D eigenvalue weighted by atomic mass is 19.1. The maximum absolute atomic E-state index is 13.6. The molecule has 1 amide bonds. The van der Waals surface area contributed by atoms with Crippen molar-refractivity contribution in [2.75, 3.05) is 17.2 Å². The van der Waals surface area contributed by atoms with Gasteiger partial charge in [0.1, 0.15) is 28.8 Å². The average Bonchev–Trinajstić information content (AvgIpc) is 2.96. The summed E-state index contributed by atoms with van der Waals surface area (Å²) < 4.78 is 15.4. The minimum atomic E-state index is -0.542. The number of nitrogens with zero attached hydrogens (tertiary/aromatic N) is 4. The van der Waals surface area contributed by atoms with E-state index in [1.54, 1.807) is 22.6 Å². The Labute approximate surface area is 190 Å². The summed E-state index contributed by atoms with van der Waals surface area (Å²) in [5.74, 6) is 1.15. The highest BCUT2D eigenvalue weighted by Gasteiger charge is 2.22. The molecule has 0 radical (unpaired) electrons. The molecule has 0 bridgehead atoms. The predicted octanol–water partition coefficient (Wildman–Crippen LogP) is 3.70. The first-order valence-electron chi connectivity index (χ1n) is 10.9. The monoisotopic (exact) mass is 445 g/mol. The number of nitrogens with two attached hydrogens (primary N) is 1. The summed E-state index contributed by atoms with van der Waals surface area (Å²) in [5.41, 5.74) is 9.57. The summed E-state index contributed by atoms with van der Waals surface area (Å²) >= 11 is 0. The molecule has 0 atom stereocenters. The molecule has 0 fully saturated rings. The normalized spacial score (nSPS) is 13.3.